The van der Waals surface area contributed by atoms with Crippen molar-refractivity contribution in [2.24, 2.45) is 0 Å². The van der Waals surface area contributed by atoms with Crippen molar-refractivity contribution in [2.45, 2.75) is 6.42 Å². The molecule has 7 nitrogen and oxygen atoms in total. The van der Waals surface area contributed by atoms with Crippen LogP contribution in [0.15, 0.2) is 47.1 Å². The Kier molecular flexibility index (Phi) is 3.96. The van der Waals surface area contributed by atoms with Crippen molar-refractivity contribution < 1.29 is 18.7 Å². The van der Waals surface area contributed by atoms with Gasteiger partial charge in [0.1, 0.15) is 17.8 Å². The van der Waals surface area contributed by atoms with E-state index in [0.29, 0.717) is 12.2 Å². The molecule has 0 radical (unpaired) electrons. The van der Waals surface area contributed by atoms with Crippen molar-refractivity contribution in [3.8, 4) is 0 Å². The second-order valence-corrected chi connectivity index (χ2v) is 4.74. The van der Waals surface area contributed by atoms with Crippen LogP contribution in [0.1, 0.15) is 27.5 Å². The van der Waals surface area contributed by atoms with E-state index >= 15 is 0 Å². The lowest BCUT2D eigenvalue weighted by molar-refractivity contribution is 0.104. The first-order valence-electron chi connectivity index (χ1n) is 6.62. The summed E-state index contributed by atoms with van der Waals surface area (Å²) in [6.45, 7) is 0. The van der Waals surface area contributed by atoms with Crippen LogP contribution in [0.25, 0.3) is 5.76 Å². The highest BCUT2D eigenvalue weighted by molar-refractivity contribution is 6.07. The summed E-state index contributed by atoms with van der Waals surface area (Å²) in [5.74, 6) is -0.787. The average Bonchev–Trinajstić information content (AvgIpc) is 3.18. The Morgan fingerprint density at radius 2 is 2.26 bits per heavy atom. The van der Waals surface area contributed by atoms with Crippen molar-refractivity contribution in [3.05, 3.63) is 71.2 Å². The maximum absolute atomic E-state index is 13.1. The van der Waals surface area contributed by atoms with E-state index in [0.717, 1.165) is 11.6 Å². The van der Waals surface area contributed by atoms with Crippen molar-refractivity contribution in [2.75, 3.05) is 0 Å². The lowest BCUT2D eigenvalue weighted by Crippen LogP contribution is -1.96. The lowest BCUT2D eigenvalue weighted by atomic mass is 10.1. The smallest absolute Gasteiger partial charge is 0.239 e. The van der Waals surface area contributed by atoms with Crippen LogP contribution < -0.4 is 0 Å². The van der Waals surface area contributed by atoms with E-state index in [1.807, 2.05) is 0 Å². The third-order valence-electron chi connectivity index (χ3n) is 3.05. The van der Waals surface area contributed by atoms with Gasteiger partial charge in [0.25, 0.3) is 0 Å². The van der Waals surface area contributed by atoms with Crippen LogP contribution in [0.3, 0.4) is 0 Å². The van der Waals surface area contributed by atoms with Crippen LogP contribution in [0.4, 0.5) is 4.39 Å². The molecule has 0 saturated carbocycles. The van der Waals surface area contributed by atoms with Gasteiger partial charge in [0, 0.05) is 12.5 Å². The minimum atomic E-state index is -0.471. The molecule has 1 aromatic carbocycles. The number of carbonyl (C=O) groups is 1. The van der Waals surface area contributed by atoms with Gasteiger partial charge < -0.3 is 9.52 Å². The molecule has 2 N–H and O–H groups in total. The van der Waals surface area contributed by atoms with E-state index in [4.69, 9.17) is 4.42 Å². The summed E-state index contributed by atoms with van der Waals surface area (Å²) in [4.78, 5) is 12.0. The van der Waals surface area contributed by atoms with Crippen LogP contribution in [0.2, 0.25) is 0 Å². The monoisotopic (exact) mass is 314 g/mol. The number of allylic oxidation sites excluding steroid dienone is 1. The molecule has 0 unspecified atom stereocenters. The predicted octanol–water partition coefficient (Wildman–Crippen LogP) is 2.30. The number of rotatable bonds is 5. The number of aromatic nitrogens is 4. The molecule has 0 saturated heterocycles. The summed E-state index contributed by atoms with van der Waals surface area (Å²) >= 11 is 0. The number of hydrogen-bond acceptors (Lipinski definition) is 6. The van der Waals surface area contributed by atoms with Gasteiger partial charge in [0.15, 0.2) is 11.5 Å². The topological polar surface area (TPSA) is 105 Å². The highest BCUT2D eigenvalue weighted by atomic mass is 19.1. The molecule has 2 heterocycles. The highest BCUT2D eigenvalue weighted by Crippen LogP contribution is 2.16. The minimum absolute atomic E-state index is 0.0816. The van der Waals surface area contributed by atoms with Crippen molar-refractivity contribution in [3.63, 3.8) is 0 Å². The maximum atomic E-state index is 13.1. The number of furan rings is 1. The highest BCUT2D eigenvalue weighted by Gasteiger charge is 2.12. The molecule has 0 aliphatic carbocycles. The molecule has 3 aromatic rings. The third kappa shape index (κ3) is 3.49. The number of tetrazole rings is 1. The first kappa shape index (κ1) is 14.6. The fraction of sp³-hybridized carbons (Fsp3) is 0.0667. The van der Waals surface area contributed by atoms with Crippen LogP contribution >= 0.6 is 0 Å². The van der Waals surface area contributed by atoms with Crippen LogP contribution in [0.5, 0.6) is 0 Å². The van der Waals surface area contributed by atoms with E-state index in [-0.39, 0.29) is 17.2 Å². The number of ketones is 1. The van der Waals surface area contributed by atoms with Crippen LogP contribution in [0, 0.1) is 5.82 Å². The van der Waals surface area contributed by atoms with Gasteiger partial charge in [-0.2, -0.15) is 5.21 Å². The summed E-state index contributed by atoms with van der Waals surface area (Å²) < 4.78 is 18.4. The second-order valence-electron chi connectivity index (χ2n) is 4.74. The molecular weight excluding hydrogens is 303 g/mol. The van der Waals surface area contributed by atoms with Gasteiger partial charge in [0.2, 0.25) is 5.82 Å². The molecule has 8 heteroatoms. The molecule has 0 amide bonds. The molecule has 0 spiro atoms. The summed E-state index contributed by atoms with van der Waals surface area (Å²) in [6, 6.07) is 7.64. The first-order valence-corrected chi connectivity index (χ1v) is 6.62. The Morgan fingerprint density at radius 3 is 3.00 bits per heavy atom. The molecule has 0 aliphatic heterocycles. The van der Waals surface area contributed by atoms with E-state index < -0.39 is 11.5 Å². The zero-order valence-electron chi connectivity index (χ0n) is 11.7. The number of nitrogens with one attached hydrogen (secondary N) is 1. The lowest BCUT2D eigenvalue weighted by Gasteiger charge is -1.97. The summed E-state index contributed by atoms with van der Waals surface area (Å²) in [5, 5.41) is 22.3. The molecule has 0 bridgehead atoms. The summed E-state index contributed by atoms with van der Waals surface area (Å²) in [5.41, 5.74) is 0.981. The second kappa shape index (κ2) is 6.22. The number of hydrogen-bond donors (Lipinski definition) is 2. The Morgan fingerprint density at radius 1 is 1.39 bits per heavy atom. The molecule has 116 valence electrons. The number of benzene rings is 1. The SMILES string of the molecule is O=C(C=C(O)c1nn[nH]n1)c1coc(Cc2cccc(F)c2)c1. The van der Waals surface area contributed by atoms with Crippen molar-refractivity contribution in [1.82, 2.24) is 20.6 Å². The molecule has 0 atom stereocenters. The van der Waals surface area contributed by atoms with Gasteiger partial charge in [-0.1, -0.05) is 12.1 Å². The van der Waals surface area contributed by atoms with Gasteiger partial charge in [0.05, 0.1) is 5.56 Å². The molecular formula is C15H11FN4O3. The zero-order chi connectivity index (χ0) is 16.2. The summed E-state index contributed by atoms with van der Waals surface area (Å²) in [6.07, 6.45) is 2.60. The summed E-state index contributed by atoms with van der Waals surface area (Å²) in [7, 11) is 0. The predicted molar refractivity (Wildman–Crippen MR) is 77.0 cm³/mol. The number of nitrogens with zero attached hydrogens (tertiary/aromatic N) is 3. The van der Waals surface area contributed by atoms with Gasteiger partial charge >= 0.3 is 0 Å². The third-order valence-corrected chi connectivity index (χ3v) is 3.05. The van der Waals surface area contributed by atoms with Gasteiger partial charge in [-0.05, 0) is 29.0 Å². The average molecular weight is 314 g/mol. The van der Waals surface area contributed by atoms with Crippen molar-refractivity contribution in [1.29, 1.82) is 0 Å². The number of aliphatic hydroxyl groups is 1. The molecule has 23 heavy (non-hydrogen) atoms. The Bertz CT molecular complexity index is 855. The first-order chi connectivity index (χ1) is 11.1. The zero-order valence-corrected chi connectivity index (χ0v) is 11.7. The number of halogens is 1. The maximum Gasteiger partial charge on any atom is 0.239 e. The quantitative estimate of drug-likeness (QED) is 0.425. The fourth-order valence-corrected chi connectivity index (χ4v) is 1.99. The fourth-order valence-electron chi connectivity index (χ4n) is 1.99. The van der Waals surface area contributed by atoms with E-state index in [2.05, 4.69) is 20.6 Å². The van der Waals surface area contributed by atoms with E-state index in [9.17, 15) is 14.3 Å². The number of aliphatic hydroxyl groups excluding tert-OH is 1. The number of H-pyrrole nitrogens is 1. The number of carbonyl (C=O) groups excluding carboxylic acids is 1. The largest absolute Gasteiger partial charge is 0.504 e. The molecule has 0 aliphatic rings. The van der Waals surface area contributed by atoms with Gasteiger partial charge in [-0.3, -0.25) is 4.79 Å². The Hall–Kier alpha value is -3.29. The Labute approximate surface area is 129 Å². The minimum Gasteiger partial charge on any atom is -0.504 e. The Balaban J connectivity index is 1.74. The van der Waals surface area contributed by atoms with Gasteiger partial charge in [-0.25, -0.2) is 4.39 Å². The molecule has 0 fully saturated rings. The number of aromatic amines is 1. The van der Waals surface area contributed by atoms with E-state index in [1.165, 1.54) is 24.5 Å². The van der Waals surface area contributed by atoms with Crippen LogP contribution in [-0.2, 0) is 6.42 Å². The molecule has 3 rings (SSSR count). The van der Waals surface area contributed by atoms with Crippen molar-refractivity contribution >= 4 is 11.5 Å². The van der Waals surface area contributed by atoms with Crippen LogP contribution in [-0.4, -0.2) is 31.5 Å². The standard InChI is InChI=1S/C15H11FN4O3/c16-11-3-1-2-9(4-11)5-12-6-10(8-23-12)13(21)7-14(22)15-17-19-20-18-15/h1-4,6-8,22H,5H2,(H,17,18,19,20). The van der Waals surface area contributed by atoms with Gasteiger partial charge in [-0.15, -0.1) is 10.2 Å². The molecule has 2 aromatic heterocycles. The normalized spacial score (nSPS) is 11.6. The van der Waals surface area contributed by atoms with E-state index in [1.54, 1.807) is 12.1 Å².